The second-order valence-electron chi connectivity index (χ2n) is 8.59. The van der Waals surface area contributed by atoms with Gasteiger partial charge in [0.1, 0.15) is 4.75 Å². The van der Waals surface area contributed by atoms with E-state index in [1.165, 1.54) is 25.0 Å². The molecule has 0 bridgehead atoms. The van der Waals surface area contributed by atoms with Gasteiger partial charge in [-0.1, -0.05) is 12.1 Å². The molecule has 0 saturated carbocycles. The molecule has 8 nitrogen and oxygen atoms in total. The standard InChI is InChI=1S/C24H31F3N4O4S/c1-5-35-21(33)23(2,3)36-18-12-8-11-17(16-18)10-6-7-14-28-19-20(32)31(22(34)30(4)29-19)15-9-13-24(25,26)27/h8,11-12,14,16H,5-7,9-10,13,15H2,1-4H3. The molecule has 0 N–H and O–H groups in total. The lowest BCUT2D eigenvalue weighted by molar-refractivity contribution is -0.145. The normalized spacial score (nSPS) is 12.3. The molecule has 1 aromatic carbocycles. The number of hydrogen-bond donors (Lipinski definition) is 0. The summed E-state index contributed by atoms with van der Waals surface area (Å²) in [6.45, 7) is 5.36. The van der Waals surface area contributed by atoms with E-state index in [1.54, 1.807) is 6.92 Å². The van der Waals surface area contributed by atoms with Gasteiger partial charge in [-0.3, -0.25) is 14.2 Å². The third kappa shape index (κ3) is 8.96. The summed E-state index contributed by atoms with van der Waals surface area (Å²) < 4.78 is 43.3. The molecule has 0 unspecified atom stereocenters. The van der Waals surface area contributed by atoms with Gasteiger partial charge in [0.2, 0.25) is 5.82 Å². The molecule has 0 aliphatic heterocycles. The Morgan fingerprint density at radius 1 is 1.22 bits per heavy atom. The van der Waals surface area contributed by atoms with Crippen molar-refractivity contribution in [2.75, 3.05) is 6.61 Å². The smallest absolute Gasteiger partial charge is 0.389 e. The average molecular weight is 529 g/mol. The van der Waals surface area contributed by atoms with E-state index in [2.05, 4.69) is 10.1 Å². The molecule has 0 aliphatic carbocycles. The highest BCUT2D eigenvalue weighted by Crippen LogP contribution is 2.34. The maximum Gasteiger partial charge on any atom is 0.389 e. The van der Waals surface area contributed by atoms with E-state index in [1.807, 2.05) is 38.1 Å². The van der Waals surface area contributed by atoms with Gasteiger partial charge in [-0.25, -0.2) is 14.5 Å². The number of thioether (sulfide) groups is 1. The number of halogens is 3. The van der Waals surface area contributed by atoms with Gasteiger partial charge in [0.15, 0.2) is 0 Å². The van der Waals surface area contributed by atoms with Crippen LogP contribution in [0.4, 0.5) is 19.0 Å². The number of aromatic nitrogens is 3. The van der Waals surface area contributed by atoms with Crippen molar-refractivity contribution in [3.63, 3.8) is 0 Å². The predicted octanol–water partition coefficient (Wildman–Crippen LogP) is 4.44. The van der Waals surface area contributed by atoms with E-state index in [9.17, 15) is 27.6 Å². The first-order valence-electron chi connectivity index (χ1n) is 11.6. The molecule has 198 valence electrons. The second-order valence-corrected chi connectivity index (χ2v) is 10.3. The number of hydrogen-bond acceptors (Lipinski definition) is 7. The fourth-order valence-electron chi connectivity index (χ4n) is 3.28. The lowest BCUT2D eigenvalue weighted by atomic mass is 10.1. The summed E-state index contributed by atoms with van der Waals surface area (Å²) in [5, 5.41) is 3.83. The zero-order valence-corrected chi connectivity index (χ0v) is 21.6. The number of rotatable bonds is 12. The van der Waals surface area contributed by atoms with Gasteiger partial charge in [-0.15, -0.1) is 16.9 Å². The van der Waals surface area contributed by atoms with Gasteiger partial charge in [-0.05, 0) is 64.2 Å². The minimum absolute atomic E-state index is 0.247. The Morgan fingerprint density at radius 2 is 1.94 bits per heavy atom. The van der Waals surface area contributed by atoms with E-state index in [4.69, 9.17) is 4.74 Å². The van der Waals surface area contributed by atoms with Crippen molar-refractivity contribution in [3.05, 3.63) is 50.7 Å². The zero-order chi connectivity index (χ0) is 26.9. The second kappa shape index (κ2) is 12.9. The quantitative estimate of drug-likeness (QED) is 0.175. The van der Waals surface area contributed by atoms with Crippen LogP contribution in [-0.4, -0.2) is 44.1 Å². The van der Waals surface area contributed by atoms with E-state index in [0.717, 1.165) is 26.1 Å². The van der Waals surface area contributed by atoms with Gasteiger partial charge in [0.25, 0.3) is 0 Å². The highest BCUT2D eigenvalue weighted by Gasteiger charge is 2.30. The number of unbranched alkanes of at least 4 members (excludes halogenated alkanes) is 1. The van der Waals surface area contributed by atoms with Gasteiger partial charge < -0.3 is 4.74 Å². The molecule has 36 heavy (non-hydrogen) atoms. The Hall–Kier alpha value is -2.89. The number of benzene rings is 1. The summed E-state index contributed by atoms with van der Waals surface area (Å²) in [6.07, 6.45) is -2.38. The van der Waals surface area contributed by atoms with Crippen LogP contribution < -0.4 is 11.2 Å². The Labute approximate surface area is 211 Å². The molecule has 12 heteroatoms. The maximum atomic E-state index is 12.5. The molecule has 0 atom stereocenters. The monoisotopic (exact) mass is 528 g/mol. The minimum atomic E-state index is -4.36. The van der Waals surface area contributed by atoms with Crippen molar-refractivity contribution in [2.45, 2.75) is 75.2 Å². The zero-order valence-electron chi connectivity index (χ0n) is 20.8. The fourth-order valence-corrected chi connectivity index (χ4v) is 4.37. The summed E-state index contributed by atoms with van der Waals surface area (Å²) in [5.74, 6) is -0.522. The first-order chi connectivity index (χ1) is 16.8. The van der Waals surface area contributed by atoms with Crippen LogP contribution in [0.5, 0.6) is 0 Å². The first-order valence-corrected chi connectivity index (χ1v) is 12.4. The van der Waals surface area contributed by atoms with Gasteiger partial charge in [-0.2, -0.15) is 13.2 Å². The van der Waals surface area contributed by atoms with Gasteiger partial charge >= 0.3 is 23.4 Å². The molecule has 0 fully saturated rings. The number of ether oxygens (including phenoxy) is 1. The van der Waals surface area contributed by atoms with Crippen LogP contribution >= 0.6 is 11.8 Å². The summed E-state index contributed by atoms with van der Waals surface area (Å²) in [4.78, 5) is 41.7. The number of aliphatic imine (C=N–C) groups is 1. The van der Waals surface area contributed by atoms with Crippen LogP contribution in [0.25, 0.3) is 0 Å². The summed E-state index contributed by atoms with van der Waals surface area (Å²) in [6, 6.07) is 7.84. The van der Waals surface area contributed by atoms with E-state index < -0.39 is 28.6 Å². The van der Waals surface area contributed by atoms with Crippen molar-refractivity contribution in [3.8, 4) is 0 Å². The topological polar surface area (TPSA) is 95.5 Å². The summed E-state index contributed by atoms with van der Waals surface area (Å²) in [7, 11) is 1.31. The van der Waals surface area contributed by atoms with Crippen LogP contribution in [0.3, 0.4) is 0 Å². The van der Waals surface area contributed by atoms with Crippen LogP contribution in [0.1, 0.15) is 52.0 Å². The van der Waals surface area contributed by atoms with Crippen LogP contribution in [-0.2, 0) is 29.5 Å². The number of alkyl halides is 3. The number of esters is 1. The lowest BCUT2D eigenvalue weighted by Gasteiger charge is -2.21. The predicted molar refractivity (Wildman–Crippen MR) is 133 cm³/mol. The molecule has 1 heterocycles. The number of carbonyl (C=O) groups excluding carboxylic acids is 1. The third-order valence-electron chi connectivity index (χ3n) is 5.08. The minimum Gasteiger partial charge on any atom is -0.465 e. The third-order valence-corrected chi connectivity index (χ3v) is 6.25. The van der Waals surface area contributed by atoms with Gasteiger partial charge in [0.05, 0.1) is 6.61 Å². The van der Waals surface area contributed by atoms with E-state index >= 15 is 0 Å². The molecule has 0 aliphatic rings. The summed E-state index contributed by atoms with van der Waals surface area (Å²) in [5.41, 5.74) is -0.532. The largest absolute Gasteiger partial charge is 0.465 e. The molecule has 2 aromatic rings. The Bertz CT molecular complexity index is 1190. The molecular formula is C24H31F3N4O4S. The fraction of sp³-hybridized carbons (Fsp3) is 0.542. The molecule has 0 amide bonds. The Balaban J connectivity index is 1.98. The lowest BCUT2D eigenvalue weighted by Crippen LogP contribution is -2.40. The summed E-state index contributed by atoms with van der Waals surface area (Å²) >= 11 is 1.42. The molecule has 1 aromatic heterocycles. The number of nitrogens with zero attached hydrogens (tertiary/aromatic N) is 4. The van der Waals surface area contributed by atoms with Crippen molar-refractivity contribution >= 4 is 29.8 Å². The van der Waals surface area contributed by atoms with Crippen LogP contribution in [0.2, 0.25) is 0 Å². The maximum absolute atomic E-state index is 12.5. The Kier molecular flexibility index (Phi) is 10.5. The van der Waals surface area contributed by atoms with Crippen LogP contribution in [0, 0.1) is 0 Å². The van der Waals surface area contributed by atoms with Gasteiger partial charge in [0, 0.05) is 31.1 Å². The average Bonchev–Trinajstić information content (AvgIpc) is 2.78. The van der Waals surface area contributed by atoms with E-state index in [-0.39, 0.29) is 24.8 Å². The molecular weight excluding hydrogens is 497 g/mol. The van der Waals surface area contributed by atoms with Crippen molar-refractivity contribution in [1.29, 1.82) is 0 Å². The van der Waals surface area contributed by atoms with E-state index in [0.29, 0.717) is 19.4 Å². The SMILES string of the molecule is CCOC(=O)C(C)(C)Sc1cccc(CCCC=Nc2nn(C)c(=O)n(CCCC(F)(F)F)c2=O)c1. The highest BCUT2D eigenvalue weighted by atomic mass is 32.2. The first kappa shape index (κ1) is 29.3. The number of aryl methyl sites for hydroxylation is 2. The number of carbonyl (C=O) groups is 1. The van der Waals surface area contributed by atoms with Crippen molar-refractivity contribution < 1.29 is 22.7 Å². The Morgan fingerprint density at radius 3 is 2.61 bits per heavy atom. The molecule has 2 rings (SSSR count). The molecule has 0 radical (unpaired) electrons. The van der Waals surface area contributed by atoms with Crippen molar-refractivity contribution in [2.24, 2.45) is 12.0 Å². The highest BCUT2D eigenvalue weighted by molar-refractivity contribution is 8.01. The molecule has 0 spiro atoms. The molecule has 0 saturated heterocycles. The van der Waals surface area contributed by atoms with Crippen molar-refractivity contribution in [1.82, 2.24) is 14.3 Å². The van der Waals surface area contributed by atoms with Crippen LogP contribution in [0.15, 0.2) is 43.7 Å².